The lowest BCUT2D eigenvalue weighted by Gasteiger charge is -2.20. The van der Waals surface area contributed by atoms with Gasteiger partial charge in [-0.25, -0.2) is 0 Å². The van der Waals surface area contributed by atoms with Gasteiger partial charge in [-0.05, 0) is 49.1 Å². The van der Waals surface area contributed by atoms with Gasteiger partial charge in [-0.3, -0.25) is 4.79 Å². The number of halogens is 1. The number of hydrogen-bond donors (Lipinski definition) is 1. The van der Waals surface area contributed by atoms with Crippen molar-refractivity contribution in [1.29, 1.82) is 0 Å². The number of amides is 1. The van der Waals surface area contributed by atoms with Crippen molar-refractivity contribution in [2.24, 2.45) is 0 Å². The van der Waals surface area contributed by atoms with Gasteiger partial charge in [0.2, 0.25) is 5.91 Å². The fourth-order valence-corrected chi connectivity index (χ4v) is 2.91. The lowest BCUT2D eigenvalue weighted by molar-refractivity contribution is -0.121. The first kappa shape index (κ1) is 16.6. The molecule has 0 fully saturated rings. The summed E-state index contributed by atoms with van der Waals surface area (Å²) in [6.45, 7) is 6.26. The summed E-state index contributed by atoms with van der Waals surface area (Å²) in [5, 5.41) is 3.79. The Bertz CT molecular complexity index is 666. The van der Waals surface area contributed by atoms with Gasteiger partial charge in [0.25, 0.3) is 0 Å². The molecule has 0 spiro atoms. The van der Waals surface area contributed by atoms with Crippen molar-refractivity contribution in [1.82, 2.24) is 5.32 Å². The van der Waals surface area contributed by atoms with Crippen LogP contribution in [0.15, 0.2) is 42.5 Å². The van der Waals surface area contributed by atoms with E-state index in [1.165, 1.54) is 16.7 Å². The summed E-state index contributed by atoms with van der Waals surface area (Å²) in [5.41, 5.74) is 4.57. The van der Waals surface area contributed by atoms with E-state index < -0.39 is 0 Å². The van der Waals surface area contributed by atoms with Crippen molar-refractivity contribution in [3.8, 4) is 0 Å². The zero-order valence-corrected chi connectivity index (χ0v) is 14.1. The number of rotatable bonds is 5. The minimum absolute atomic E-state index is 0.0223. The molecule has 2 nitrogen and oxygen atoms in total. The van der Waals surface area contributed by atoms with E-state index in [-0.39, 0.29) is 11.9 Å². The monoisotopic (exact) mass is 315 g/mol. The second-order valence-electron chi connectivity index (χ2n) is 5.70. The molecule has 0 aliphatic carbocycles. The maximum Gasteiger partial charge on any atom is 0.224 e. The first-order valence-corrected chi connectivity index (χ1v) is 7.98. The molecule has 2 rings (SSSR count). The van der Waals surface area contributed by atoms with Gasteiger partial charge < -0.3 is 5.32 Å². The van der Waals surface area contributed by atoms with Gasteiger partial charge in [0.15, 0.2) is 0 Å². The van der Waals surface area contributed by atoms with Crippen LogP contribution < -0.4 is 5.32 Å². The minimum Gasteiger partial charge on any atom is -0.349 e. The Morgan fingerprint density at radius 3 is 2.59 bits per heavy atom. The molecule has 0 aliphatic rings. The highest BCUT2D eigenvalue weighted by Crippen LogP contribution is 2.22. The minimum atomic E-state index is 0.0223. The Hall–Kier alpha value is -1.80. The molecule has 22 heavy (non-hydrogen) atoms. The molecule has 1 amide bonds. The van der Waals surface area contributed by atoms with Crippen molar-refractivity contribution in [3.05, 3.63) is 69.7 Å². The molecule has 0 unspecified atom stereocenters. The quantitative estimate of drug-likeness (QED) is 0.846. The van der Waals surface area contributed by atoms with Crippen molar-refractivity contribution in [3.63, 3.8) is 0 Å². The zero-order valence-electron chi connectivity index (χ0n) is 13.3. The molecule has 0 aliphatic heterocycles. The first-order chi connectivity index (χ1) is 10.5. The highest BCUT2D eigenvalue weighted by molar-refractivity contribution is 6.30. The molecule has 2 aromatic rings. The summed E-state index contributed by atoms with van der Waals surface area (Å²) < 4.78 is 0. The SMILES string of the molecule is CC[C@H](NC(=O)Cc1cccc(Cl)c1)c1ccc(C)cc1C. The smallest absolute Gasteiger partial charge is 0.224 e. The van der Waals surface area contributed by atoms with Gasteiger partial charge in [-0.2, -0.15) is 0 Å². The highest BCUT2D eigenvalue weighted by Gasteiger charge is 2.15. The van der Waals surface area contributed by atoms with E-state index in [1.807, 2.05) is 24.3 Å². The van der Waals surface area contributed by atoms with E-state index in [2.05, 4.69) is 44.3 Å². The Morgan fingerprint density at radius 2 is 1.95 bits per heavy atom. The molecule has 0 heterocycles. The fraction of sp³-hybridized carbons (Fsp3) is 0.316. The van der Waals surface area contributed by atoms with Crippen LogP contribution in [0.2, 0.25) is 5.02 Å². The van der Waals surface area contributed by atoms with E-state index >= 15 is 0 Å². The van der Waals surface area contributed by atoms with E-state index in [1.54, 1.807) is 0 Å². The van der Waals surface area contributed by atoms with E-state index in [9.17, 15) is 4.79 Å². The lowest BCUT2D eigenvalue weighted by atomic mass is 9.97. The van der Waals surface area contributed by atoms with Crippen LogP contribution in [0.1, 0.15) is 41.6 Å². The van der Waals surface area contributed by atoms with Crippen LogP contribution in [0.25, 0.3) is 0 Å². The molecule has 0 saturated carbocycles. The number of aryl methyl sites for hydroxylation is 2. The summed E-state index contributed by atoms with van der Waals surface area (Å²) in [4.78, 5) is 12.3. The third-order valence-electron chi connectivity index (χ3n) is 3.80. The summed E-state index contributed by atoms with van der Waals surface area (Å²) in [5.74, 6) is 0.0223. The van der Waals surface area contributed by atoms with Crippen LogP contribution >= 0.6 is 11.6 Å². The van der Waals surface area contributed by atoms with Crippen LogP contribution in [-0.2, 0) is 11.2 Å². The van der Waals surface area contributed by atoms with Gasteiger partial charge in [0.1, 0.15) is 0 Å². The number of carbonyl (C=O) groups excluding carboxylic acids is 1. The number of nitrogens with one attached hydrogen (secondary N) is 1. The van der Waals surface area contributed by atoms with Crippen molar-refractivity contribution in [2.75, 3.05) is 0 Å². The third-order valence-corrected chi connectivity index (χ3v) is 4.03. The second-order valence-corrected chi connectivity index (χ2v) is 6.13. The Morgan fingerprint density at radius 1 is 1.18 bits per heavy atom. The fourth-order valence-electron chi connectivity index (χ4n) is 2.69. The first-order valence-electron chi connectivity index (χ1n) is 7.60. The molecular formula is C19H22ClNO. The van der Waals surface area contributed by atoms with Gasteiger partial charge in [-0.1, -0.05) is 54.4 Å². The standard InChI is InChI=1S/C19H22ClNO/c1-4-18(17-9-8-13(2)10-14(17)3)21-19(22)12-15-6-5-7-16(20)11-15/h5-11,18H,4,12H2,1-3H3,(H,21,22)/t18-/m0/s1. The molecule has 0 aromatic heterocycles. The van der Waals surface area contributed by atoms with E-state index in [0.717, 1.165) is 12.0 Å². The number of carbonyl (C=O) groups is 1. The zero-order chi connectivity index (χ0) is 16.1. The predicted octanol–water partition coefficient (Wildman–Crippen LogP) is 4.77. The van der Waals surface area contributed by atoms with E-state index in [4.69, 9.17) is 11.6 Å². The second kappa shape index (κ2) is 7.46. The third kappa shape index (κ3) is 4.35. The van der Waals surface area contributed by atoms with E-state index in [0.29, 0.717) is 11.4 Å². The van der Waals surface area contributed by atoms with Crippen molar-refractivity contribution < 1.29 is 4.79 Å². The van der Waals surface area contributed by atoms with Crippen LogP contribution in [-0.4, -0.2) is 5.91 Å². The summed E-state index contributed by atoms with van der Waals surface area (Å²) in [6.07, 6.45) is 1.22. The maximum absolute atomic E-state index is 12.3. The molecule has 0 saturated heterocycles. The normalized spacial score (nSPS) is 12.0. The highest BCUT2D eigenvalue weighted by atomic mass is 35.5. The van der Waals surface area contributed by atoms with Gasteiger partial charge >= 0.3 is 0 Å². The summed E-state index contributed by atoms with van der Waals surface area (Å²) in [7, 11) is 0. The average molecular weight is 316 g/mol. The van der Waals surface area contributed by atoms with Crippen LogP contribution in [0, 0.1) is 13.8 Å². The maximum atomic E-state index is 12.3. The van der Waals surface area contributed by atoms with Crippen LogP contribution in [0.3, 0.4) is 0 Å². The van der Waals surface area contributed by atoms with Crippen LogP contribution in [0.4, 0.5) is 0 Å². The van der Waals surface area contributed by atoms with Crippen molar-refractivity contribution in [2.45, 2.75) is 39.7 Å². The number of hydrogen-bond acceptors (Lipinski definition) is 1. The average Bonchev–Trinajstić information content (AvgIpc) is 2.45. The Kier molecular flexibility index (Phi) is 5.62. The van der Waals surface area contributed by atoms with Gasteiger partial charge in [0.05, 0.1) is 12.5 Å². The Labute approximate surface area is 137 Å². The van der Waals surface area contributed by atoms with Gasteiger partial charge in [-0.15, -0.1) is 0 Å². The molecule has 2 aromatic carbocycles. The molecule has 3 heteroatoms. The summed E-state index contributed by atoms with van der Waals surface area (Å²) in [6, 6.07) is 13.8. The lowest BCUT2D eigenvalue weighted by Crippen LogP contribution is -2.30. The molecule has 0 bridgehead atoms. The summed E-state index contributed by atoms with van der Waals surface area (Å²) >= 11 is 5.96. The largest absolute Gasteiger partial charge is 0.349 e. The number of benzene rings is 2. The topological polar surface area (TPSA) is 29.1 Å². The Balaban J connectivity index is 2.08. The molecular weight excluding hydrogens is 294 g/mol. The molecule has 1 N–H and O–H groups in total. The molecule has 116 valence electrons. The van der Waals surface area contributed by atoms with Crippen LogP contribution in [0.5, 0.6) is 0 Å². The molecule has 1 atom stereocenters. The van der Waals surface area contributed by atoms with Gasteiger partial charge in [0, 0.05) is 5.02 Å². The predicted molar refractivity (Wildman–Crippen MR) is 92.2 cm³/mol. The van der Waals surface area contributed by atoms with Crippen molar-refractivity contribution >= 4 is 17.5 Å². The molecule has 0 radical (unpaired) electrons.